The number of aromatic nitrogens is 1. The number of hydrogen-bond acceptors (Lipinski definition) is 2. The Morgan fingerprint density at radius 2 is 2.00 bits per heavy atom. The first-order valence-electron chi connectivity index (χ1n) is 5.14. The zero-order valence-corrected chi connectivity index (χ0v) is 11.2. The first kappa shape index (κ1) is 11.5. The second-order valence-electron chi connectivity index (χ2n) is 3.53. The van der Waals surface area contributed by atoms with Crippen LogP contribution in [-0.2, 0) is 0 Å². The summed E-state index contributed by atoms with van der Waals surface area (Å²) >= 11 is 2.37. The molecule has 0 spiro atoms. The molecule has 2 nitrogen and oxygen atoms in total. The Hall–Kier alpha value is -0.940. The van der Waals surface area contributed by atoms with Crippen LogP contribution in [0, 0.1) is 3.57 Å². The molecule has 1 atom stereocenters. The molecule has 1 unspecified atom stereocenters. The highest BCUT2D eigenvalue weighted by atomic mass is 127. The molecule has 0 fully saturated rings. The molecule has 0 saturated carbocycles. The van der Waals surface area contributed by atoms with Crippen molar-refractivity contribution in [3.8, 4) is 0 Å². The summed E-state index contributed by atoms with van der Waals surface area (Å²) in [4.78, 5) is 4.17. The van der Waals surface area contributed by atoms with Crippen LogP contribution in [0.3, 0.4) is 0 Å². The van der Waals surface area contributed by atoms with Crippen molar-refractivity contribution in [1.82, 2.24) is 10.3 Å². The topological polar surface area (TPSA) is 24.9 Å². The third-order valence-corrected chi connectivity index (χ3v) is 3.51. The van der Waals surface area contributed by atoms with Crippen LogP contribution in [0.4, 0.5) is 0 Å². The molecule has 1 aromatic heterocycles. The summed E-state index contributed by atoms with van der Waals surface area (Å²) in [5.74, 6) is 0. The predicted molar refractivity (Wildman–Crippen MR) is 74.3 cm³/mol. The highest BCUT2D eigenvalue weighted by Crippen LogP contribution is 2.24. The third-order valence-electron chi connectivity index (χ3n) is 2.52. The molecule has 1 N–H and O–H groups in total. The molecule has 16 heavy (non-hydrogen) atoms. The third kappa shape index (κ3) is 2.41. The average molecular weight is 324 g/mol. The van der Waals surface area contributed by atoms with E-state index in [9.17, 15) is 0 Å². The van der Waals surface area contributed by atoms with E-state index in [1.165, 1.54) is 14.7 Å². The fourth-order valence-electron chi connectivity index (χ4n) is 1.76. The Morgan fingerprint density at radius 3 is 2.62 bits per heavy atom. The molecule has 0 saturated heterocycles. The van der Waals surface area contributed by atoms with E-state index in [2.05, 4.69) is 63.2 Å². The molecule has 1 aromatic carbocycles. The summed E-state index contributed by atoms with van der Waals surface area (Å²) in [5, 5.41) is 3.33. The Bertz CT molecular complexity index is 456. The predicted octanol–water partition coefficient (Wildman–Crippen LogP) is 3.00. The van der Waals surface area contributed by atoms with Gasteiger partial charge in [0.15, 0.2) is 0 Å². The fraction of sp³-hybridized carbons (Fsp3) is 0.154. The van der Waals surface area contributed by atoms with Gasteiger partial charge in [-0.25, -0.2) is 0 Å². The molecule has 1 heterocycles. The summed E-state index contributed by atoms with van der Waals surface area (Å²) in [5.41, 5.74) is 2.48. The molecule has 2 rings (SSSR count). The standard InChI is InChI=1S/C13H13IN2/c1-15-13(10-5-4-8-16-9-10)11-6-2-3-7-12(11)14/h2-9,13,15H,1H3. The van der Waals surface area contributed by atoms with Crippen molar-refractivity contribution < 1.29 is 0 Å². The number of nitrogens with one attached hydrogen (secondary N) is 1. The number of benzene rings is 1. The van der Waals surface area contributed by atoms with Crippen LogP contribution in [0.2, 0.25) is 0 Å². The van der Waals surface area contributed by atoms with E-state index < -0.39 is 0 Å². The van der Waals surface area contributed by atoms with Crippen molar-refractivity contribution >= 4 is 22.6 Å². The summed E-state index contributed by atoms with van der Waals surface area (Å²) in [6, 6.07) is 12.7. The van der Waals surface area contributed by atoms with Crippen LogP contribution in [0.25, 0.3) is 0 Å². The fourth-order valence-corrected chi connectivity index (χ4v) is 2.46. The van der Waals surface area contributed by atoms with Gasteiger partial charge in [-0.1, -0.05) is 24.3 Å². The van der Waals surface area contributed by atoms with Gasteiger partial charge in [-0.2, -0.15) is 0 Å². The van der Waals surface area contributed by atoms with Crippen LogP contribution in [-0.4, -0.2) is 12.0 Å². The van der Waals surface area contributed by atoms with Crippen LogP contribution >= 0.6 is 22.6 Å². The number of pyridine rings is 1. The highest BCUT2D eigenvalue weighted by molar-refractivity contribution is 14.1. The van der Waals surface area contributed by atoms with Crippen LogP contribution in [0.5, 0.6) is 0 Å². The second kappa shape index (κ2) is 5.41. The smallest absolute Gasteiger partial charge is 0.0599 e. The van der Waals surface area contributed by atoms with E-state index in [0.717, 1.165) is 0 Å². The van der Waals surface area contributed by atoms with Gasteiger partial charge in [-0.3, -0.25) is 4.98 Å². The Kier molecular flexibility index (Phi) is 3.90. The van der Waals surface area contributed by atoms with Crippen molar-refractivity contribution in [2.45, 2.75) is 6.04 Å². The summed E-state index contributed by atoms with van der Waals surface area (Å²) in [6.45, 7) is 0. The summed E-state index contributed by atoms with van der Waals surface area (Å²) in [6.07, 6.45) is 3.70. The van der Waals surface area contributed by atoms with Crippen molar-refractivity contribution in [1.29, 1.82) is 0 Å². The van der Waals surface area contributed by atoms with Crippen LogP contribution in [0.1, 0.15) is 17.2 Å². The second-order valence-corrected chi connectivity index (χ2v) is 4.69. The minimum absolute atomic E-state index is 0.210. The molecular formula is C13H13IN2. The van der Waals surface area contributed by atoms with Crippen LogP contribution < -0.4 is 5.32 Å². The van der Waals surface area contributed by atoms with E-state index >= 15 is 0 Å². The average Bonchev–Trinajstić information content (AvgIpc) is 2.34. The largest absolute Gasteiger partial charge is 0.309 e. The Labute approximate surface area is 109 Å². The zero-order valence-electron chi connectivity index (χ0n) is 9.02. The van der Waals surface area contributed by atoms with Crippen molar-refractivity contribution in [2.75, 3.05) is 7.05 Å². The van der Waals surface area contributed by atoms with Crippen molar-refractivity contribution in [3.05, 3.63) is 63.5 Å². The monoisotopic (exact) mass is 324 g/mol. The highest BCUT2D eigenvalue weighted by Gasteiger charge is 2.13. The van der Waals surface area contributed by atoms with E-state index in [-0.39, 0.29) is 6.04 Å². The van der Waals surface area contributed by atoms with Crippen molar-refractivity contribution in [2.24, 2.45) is 0 Å². The lowest BCUT2D eigenvalue weighted by Crippen LogP contribution is -2.18. The molecule has 82 valence electrons. The Balaban J connectivity index is 2.41. The lowest BCUT2D eigenvalue weighted by molar-refractivity contribution is 0.685. The molecule has 0 aliphatic rings. The molecule has 3 heteroatoms. The van der Waals surface area contributed by atoms with Gasteiger partial charge < -0.3 is 5.32 Å². The first-order valence-corrected chi connectivity index (χ1v) is 6.22. The van der Waals surface area contributed by atoms with E-state index in [1.807, 2.05) is 19.3 Å². The summed E-state index contributed by atoms with van der Waals surface area (Å²) in [7, 11) is 1.97. The molecule has 2 aromatic rings. The van der Waals surface area contributed by atoms with Gasteiger partial charge in [0.1, 0.15) is 0 Å². The van der Waals surface area contributed by atoms with Gasteiger partial charge in [0.25, 0.3) is 0 Å². The molecule has 0 radical (unpaired) electrons. The quantitative estimate of drug-likeness (QED) is 0.878. The van der Waals surface area contributed by atoms with Crippen molar-refractivity contribution in [3.63, 3.8) is 0 Å². The number of halogens is 1. The first-order chi connectivity index (χ1) is 7.83. The molecule has 0 aliphatic heterocycles. The van der Waals surface area contributed by atoms with E-state index in [4.69, 9.17) is 0 Å². The molecule has 0 aliphatic carbocycles. The minimum atomic E-state index is 0.210. The normalized spacial score (nSPS) is 12.4. The van der Waals surface area contributed by atoms with Gasteiger partial charge in [0.05, 0.1) is 6.04 Å². The van der Waals surface area contributed by atoms with Crippen LogP contribution in [0.15, 0.2) is 48.8 Å². The lowest BCUT2D eigenvalue weighted by atomic mass is 10.0. The number of rotatable bonds is 3. The van der Waals surface area contributed by atoms with Gasteiger partial charge in [-0.15, -0.1) is 0 Å². The SMILES string of the molecule is CNC(c1cccnc1)c1ccccc1I. The van der Waals surface area contributed by atoms with Gasteiger partial charge in [0, 0.05) is 16.0 Å². The lowest BCUT2D eigenvalue weighted by Gasteiger charge is -2.18. The molecule has 0 amide bonds. The van der Waals surface area contributed by atoms with E-state index in [1.54, 1.807) is 6.20 Å². The zero-order chi connectivity index (χ0) is 11.4. The molecular weight excluding hydrogens is 311 g/mol. The van der Waals surface area contributed by atoms with Gasteiger partial charge >= 0.3 is 0 Å². The maximum atomic E-state index is 4.17. The summed E-state index contributed by atoms with van der Waals surface area (Å²) < 4.78 is 1.27. The maximum absolute atomic E-state index is 4.17. The van der Waals surface area contributed by atoms with Gasteiger partial charge in [-0.05, 0) is 52.9 Å². The van der Waals surface area contributed by atoms with Gasteiger partial charge in [0.2, 0.25) is 0 Å². The number of nitrogens with zero attached hydrogens (tertiary/aromatic N) is 1. The number of hydrogen-bond donors (Lipinski definition) is 1. The van der Waals surface area contributed by atoms with E-state index in [0.29, 0.717) is 0 Å². The Morgan fingerprint density at radius 1 is 1.19 bits per heavy atom. The minimum Gasteiger partial charge on any atom is -0.309 e. The maximum Gasteiger partial charge on any atom is 0.0599 e. The molecule has 0 bridgehead atoms.